The summed E-state index contributed by atoms with van der Waals surface area (Å²) in [5.74, 6) is 0.666. The summed E-state index contributed by atoms with van der Waals surface area (Å²) in [4.78, 5) is 29.1. The van der Waals surface area contributed by atoms with Crippen LogP contribution in [-0.2, 0) is 11.8 Å². The van der Waals surface area contributed by atoms with Crippen molar-refractivity contribution in [2.45, 2.75) is 39.0 Å². The van der Waals surface area contributed by atoms with Crippen molar-refractivity contribution in [2.75, 3.05) is 0 Å². The summed E-state index contributed by atoms with van der Waals surface area (Å²) in [5, 5.41) is 2.14. The number of benzene rings is 3. The number of aromatic nitrogens is 2. The molecule has 0 spiro atoms. The first kappa shape index (κ1) is 22.3. The highest BCUT2D eigenvalue weighted by molar-refractivity contribution is 5.96. The number of nitrogens with two attached hydrogens (primary N) is 1. The summed E-state index contributed by atoms with van der Waals surface area (Å²) < 4.78 is 7.09. The highest BCUT2D eigenvalue weighted by Crippen LogP contribution is 2.33. The molecule has 0 aliphatic rings. The molecule has 4 rings (SSSR count). The van der Waals surface area contributed by atoms with E-state index < -0.39 is 6.09 Å². The second-order valence-electron chi connectivity index (χ2n) is 9.00. The SMILES string of the molecule is CC(C)(C)c1cccc(OC(N)=O)c1CCC(=O)c1nccn1-c1cccc2ccccc12. The van der Waals surface area contributed by atoms with Crippen LogP contribution in [0.3, 0.4) is 0 Å². The summed E-state index contributed by atoms with van der Waals surface area (Å²) >= 11 is 0. The van der Waals surface area contributed by atoms with Gasteiger partial charge in [-0.3, -0.25) is 9.36 Å². The van der Waals surface area contributed by atoms with Crippen LogP contribution in [-0.4, -0.2) is 21.4 Å². The fraction of sp³-hybridized carbons (Fsp3) is 0.222. The van der Waals surface area contributed by atoms with Crippen LogP contribution in [0.5, 0.6) is 5.75 Å². The molecule has 0 aliphatic heterocycles. The number of carbonyl (C=O) groups excluding carboxylic acids is 2. The number of amides is 1. The molecule has 6 heteroatoms. The fourth-order valence-corrected chi connectivity index (χ4v) is 4.20. The topological polar surface area (TPSA) is 87.2 Å². The molecule has 0 atom stereocenters. The number of imidazole rings is 1. The van der Waals surface area contributed by atoms with Crippen molar-refractivity contribution in [2.24, 2.45) is 5.73 Å². The van der Waals surface area contributed by atoms with Crippen molar-refractivity contribution in [1.82, 2.24) is 9.55 Å². The molecule has 0 unspecified atom stereocenters. The monoisotopic (exact) mass is 441 g/mol. The molecule has 168 valence electrons. The van der Waals surface area contributed by atoms with Gasteiger partial charge in [0.1, 0.15) is 5.75 Å². The number of hydrogen-bond donors (Lipinski definition) is 1. The van der Waals surface area contributed by atoms with Gasteiger partial charge in [0.2, 0.25) is 0 Å². The van der Waals surface area contributed by atoms with E-state index in [1.165, 1.54) is 0 Å². The Hall–Kier alpha value is -3.93. The molecule has 0 aliphatic carbocycles. The second kappa shape index (κ2) is 8.90. The Balaban J connectivity index is 1.66. The van der Waals surface area contributed by atoms with Gasteiger partial charge < -0.3 is 10.5 Å². The van der Waals surface area contributed by atoms with Gasteiger partial charge >= 0.3 is 6.09 Å². The number of carbonyl (C=O) groups is 2. The van der Waals surface area contributed by atoms with Gasteiger partial charge in [0.05, 0.1) is 5.69 Å². The molecule has 1 heterocycles. The first-order chi connectivity index (χ1) is 15.8. The number of fused-ring (bicyclic) bond motifs is 1. The average molecular weight is 442 g/mol. The van der Waals surface area contributed by atoms with Crippen molar-refractivity contribution in [3.05, 3.63) is 90.0 Å². The minimum absolute atomic E-state index is 0.0957. The van der Waals surface area contributed by atoms with Gasteiger partial charge in [0.25, 0.3) is 0 Å². The number of ketones is 1. The Morgan fingerprint density at radius 2 is 1.73 bits per heavy atom. The maximum atomic E-state index is 13.3. The number of hydrogen-bond acceptors (Lipinski definition) is 4. The molecular weight excluding hydrogens is 414 g/mol. The zero-order chi connectivity index (χ0) is 23.6. The largest absolute Gasteiger partial charge is 0.410 e. The third-order valence-electron chi connectivity index (χ3n) is 5.67. The zero-order valence-corrected chi connectivity index (χ0v) is 19.0. The number of primary amides is 1. The second-order valence-corrected chi connectivity index (χ2v) is 9.00. The Bertz CT molecular complexity index is 1330. The van der Waals surface area contributed by atoms with E-state index in [0.717, 1.165) is 27.6 Å². The smallest absolute Gasteiger partial charge is 0.409 e. The quantitative estimate of drug-likeness (QED) is 0.395. The number of rotatable bonds is 6. The average Bonchev–Trinajstić information content (AvgIpc) is 3.26. The molecule has 6 nitrogen and oxygen atoms in total. The Morgan fingerprint density at radius 1 is 1.00 bits per heavy atom. The molecule has 1 amide bonds. The zero-order valence-electron chi connectivity index (χ0n) is 19.0. The van der Waals surface area contributed by atoms with Gasteiger partial charge in [0.15, 0.2) is 11.6 Å². The van der Waals surface area contributed by atoms with Gasteiger partial charge in [-0.15, -0.1) is 0 Å². The van der Waals surface area contributed by atoms with E-state index in [-0.39, 0.29) is 17.6 Å². The van der Waals surface area contributed by atoms with E-state index in [0.29, 0.717) is 18.0 Å². The fourth-order valence-electron chi connectivity index (χ4n) is 4.20. The van der Waals surface area contributed by atoms with E-state index in [2.05, 4.69) is 25.8 Å². The van der Waals surface area contributed by atoms with Crippen LogP contribution in [0.4, 0.5) is 4.79 Å². The summed E-state index contributed by atoms with van der Waals surface area (Å²) in [6, 6.07) is 19.6. The first-order valence-corrected chi connectivity index (χ1v) is 10.9. The highest BCUT2D eigenvalue weighted by Gasteiger charge is 2.23. The Labute approximate surface area is 193 Å². The summed E-state index contributed by atoms with van der Waals surface area (Å²) in [7, 11) is 0. The van der Waals surface area contributed by atoms with Crippen molar-refractivity contribution < 1.29 is 14.3 Å². The third-order valence-corrected chi connectivity index (χ3v) is 5.67. The lowest BCUT2D eigenvalue weighted by Gasteiger charge is -2.24. The minimum atomic E-state index is -0.875. The van der Waals surface area contributed by atoms with Gasteiger partial charge in [-0.2, -0.15) is 0 Å². The molecule has 0 bridgehead atoms. The lowest BCUT2D eigenvalue weighted by Crippen LogP contribution is -2.20. The van der Waals surface area contributed by atoms with E-state index in [1.807, 2.05) is 59.2 Å². The molecular formula is C27H27N3O3. The maximum Gasteiger partial charge on any atom is 0.409 e. The van der Waals surface area contributed by atoms with Crippen LogP contribution >= 0.6 is 0 Å². The summed E-state index contributed by atoms with van der Waals surface area (Å²) in [6.45, 7) is 6.23. The molecule has 0 fully saturated rings. The first-order valence-electron chi connectivity index (χ1n) is 10.9. The van der Waals surface area contributed by atoms with E-state index in [9.17, 15) is 9.59 Å². The van der Waals surface area contributed by atoms with Crippen LogP contribution < -0.4 is 10.5 Å². The lowest BCUT2D eigenvalue weighted by atomic mass is 9.82. The van der Waals surface area contributed by atoms with Crippen molar-refractivity contribution in [3.8, 4) is 11.4 Å². The molecule has 0 saturated carbocycles. The molecule has 2 N–H and O–H groups in total. The molecule has 4 aromatic rings. The lowest BCUT2D eigenvalue weighted by molar-refractivity contribution is 0.0971. The Kier molecular flexibility index (Phi) is 6.01. The molecule has 3 aromatic carbocycles. The van der Waals surface area contributed by atoms with E-state index in [4.69, 9.17) is 10.5 Å². The number of ether oxygens (including phenoxy) is 1. The highest BCUT2D eigenvalue weighted by atomic mass is 16.5. The van der Waals surface area contributed by atoms with Crippen LogP contribution in [0.2, 0.25) is 0 Å². The predicted molar refractivity (Wildman–Crippen MR) is 129 cm³/mol. The van der Waals surface area contributed by atoms with E-state index >= 15 is 0 Å². The van der Waals surface area contributed by atoms with Crippen LogP contribution in [0.1, 0.15) is 48.9 Å². The van der Waals surface area contributed by atoms with Crippen molar-refractivity contribution in [3.63, 3.8) is 0 Å². The van der Waals surface area contributed by atoms with Gasteiger partial charge in [-0.05, 0) is 40.5 Å². The standard InChI is InChI=1S/C27H27N3O3/c1-27(2,3)21-11-7-13-24(33-26(28)32)20(21)14-15-23(31)25-29-16-17-30(25)22-12-6-9-18-8-4-5-10-19(18)22/h4-13,16-17H,14-15H2,1-3H3,(H2,28,32). The third kappa shape index (κ3) is 4.65. The summed E-state index contributed by atoms with van der Waals surface area (Å²) in [5.41, 5.74) is 7.79. The summed E-state index contributed by atoms with van der Waals surface area (Å²) in [6.07, 6.45) is 3.18. The van der Waals surface area contributed by atoms with Crippen molar-refractivity contribution >= 4 is 22.6 Å². The van der Waals surface area contributed by atoms with Crippen LogP contribution in [0.15, 0.2) is 73.1 Å². The molecule has 33 heavy (non-hydrogen) atoms. The predicted octanol–water partition coefficient (Wildman–Crippen LogP) is 5.60. The normalized spacial score (nSPS) is 11.5. The van der Waals surface area contributed by atoms with Gasteiger partial charge in [0, 0.05) is 24.2 Å². The van der Waals surface area contributed by atoms with Gasteiger partial charge in [-0.1, -0.05) is 69.3 Å². The van der Waals surface area contributed by atoms with E-state index in [1.54, 1.807) is 18.5 Å². The molecule has 0 radical (unpaired) electrons. The molecule has 1 aromatic heterocycles. The maximum absolute atomic E-state index is 13.3. The minimum Gasteiger partial charge on any atom is -0.410 e. The van der Waals surface area contributed by atoms with Crippen LogP contribution in [0, 0.1) is 0 Å². The number of nitrogens with zero attached hydrogens (tertiary/aromatic N) is 2. The molecule has 0 saturated heterocycles. The number of Topliss-reactive ketones (excluding diaryl/α,β-unsaturated/α-hetero) is 1. The Morgan fingerprint density at radius 3 is 2.48 bits per heavy atom. The van der Waals surface area contributed by atoms with Crippen LogP contribution in [0.25, 0.3) is 16.5 Å². The van der Waals surface area contributed by atoms with Crippen molar-refractivity contribution in [1.29, 1.82) is 0 Å². The van der Waals surface area contributed by atoms with Gasteiger partial charge in [-0.25, -0.2) is 9.78 Å².